The number of halogens is 1. The molecule has 0 aliphatic rings. The summed E-state index contributed by atoms with van der Waals surface area (Å²) in [4.78, 5) is 25.7. The van der Waals surface area contributed by atoms with Crippen molar-refractivity contribution in [1.29, 1.82) is 0 Å². The van der Waals surface area contributed by atoms with E-state index in [2.05, 4.69) is 15.5 Å². The molecule has 0 aliphatic heterocycles. The van der Waals surface area contributed by atoms with Crippen molar-refractivity contribution in [1.82, 2.24) is 14.8 Å². The van der Waals surface area contributed by atoms with Crippen LogP contribution in [0.2, 0.25) is 5.02 Å². The average molecular weight is 495 g/mol. The van der Waals surface area contributed by atoms with Gasteiger partial charge in [-0.1, -0.05) is 42.4 Å². The molecule has 0 spiro atoms. The van der Waals surface area contributed by atoms with Crippen LogP contribution in [0.4, 0.5) is 5.00 Å². The summed E-state index contributed by atoms with van der Waals surface area (Å²) in [5, 5.41) is 12.7. The van der Waals surface area contributed by atoms with Crippen LogP contribution in [0.15, 0.2) is 35.5 Å². The first-order valence-corrected chi connectivity index (χ1v) is 12.1. The van der Waals surface area contributed by atoms with Crippen molar-refractivity contribution in [3.63, 3.8) is 0 Å². The van der Waals surface area contributed by atoms with Crippen molar-refractivity contribution >= 4 is 51.6 Å². The smallest absolute Gasteiger partial charge is 0.341 e. The summed E-state index contributed by atoms with van der Waals surface area (Å²) in [6, 6.07) is 8.95. The summed E-state index contributed by atoms with van der Waals surface area (Å²) < 4.78 is 12.6. The molecule has 1 amide bonds. The lowest BCUT2D eigenvalue weighted by atomic mass is 10.2. The van der Waals surface area contributed by atoms with Crippen LogP contribution in [0.25, 0.3) is 0 Å². The Kier molecular flexibility index (Phi) is 8.54. The van der Waals surface area contributed by atoms with Crippen molar-refractivity contribution < 1.29 is 19.1 Å². The maximum atomic E-state index is 12.5. The third kappa shape index (κ3) is 6.02. The standard InChI is InChI=1S/C21H23ClN4O4S2/c1-4-13-10-14(20(28)29-5-2)19(32-13)23-18(27)12-31-21-25-24-17(26(21)3)11-30-16-9-7-6-8-15(16)22/h6-10H,4-5,11-12H2,1-3H3,(H,23,27). The second kappa shape index (κ2) is 11.3. The van der Waals surface area contributed by atoms with Gasteiger partial charge in [0, 0.05) is 11.9 Å². The fourth-order valence-electron chi connectivity index (χ4n) is 2.66. The number of amides is 1. The van der Waals surface area contributed by atoms with Gasteiger partial charge in [-0.15, -0.1) is 21.5 Å². The van der Waals surface area contributed by atoms with Crippen molar-refractivity contribution in [2.24, 2.45) is 7.05 Å². The highest BCUT2D eigenvalue weighted by Gasteiger charge is 2.19. The van der Waals surface area contributed by atoms with Crippen LogP contribution in [0.3, 0.4) is 0 Å². The molecule has 2 aromatic heterocycles. The number of benzene rings is 1. The second-order valence-corrected chi connectivity index (χ2v) is 9.03. The summed E-state index contributed by atoms with van der Waals surface area (Å²) >= 11 is 8.72. The Morgan fingerprint density at radius 3 is 2.75 bits per heavy atom. The van der Waals surface area contributed by atoms with Crippen LogP contribution in [-0.4, -0.2) is 39.0 Å². The number of anilines is 1. The van der Waals surface area contributed by atoms with Gasteiger partial charge in [0.1, 0.15) is 17.4 Å². The molecule has 11 heteroatoms. The third-order valence-electron chi connectivity index (χ3n) is 4.33. The summed E-state index contributed by atoms with van der Waals surface area (Å²) in [7, 11) is 1.80. The molecule has 32 heavy (non-hydrogen) atoms. The van der Waals surface area contributed by atoms with Crippen LogP contribution < -0.4 is 10.1 Å². The number of carbonyl (C=O) groups excluding carboxylic acids is 2. The van der Waals surface area contributed by atoms with Crippen molar-refractivity contribution in [2.75, 3.05) is 17.7 Å². The number of aryl methyl sites for hydroxylation is 1. The largest absolute Gasteiger partial charge is 0.484 e. The van der Waals surface area contributed by atoms with Gasteiger partial charge in [0.25, 0.3) is 0 Å². The SMILES string of the molecule is CCOC(=O)c1cc(CC)sc1NC(=O)CSc1nnc(COc2ccccc2Cl)n1C. The van der Waals surface area contributed by atoms with Crippen LogP contribution in [-0.2, 0) is 29.6 Å². The van der Waals surface area contributed by atoms with Crippen LogP contribution in [0.5, 0.6) is 5.75 Å². The Morgan fingerprint density at radius 2 is 2.03 bits per heavy atom. The van der Waals surface area contributed by atoms with Gasteiger partial charge in [0.2, 0.25) is 5.91 Å². The summed E-state index contributed by atoms with van der Waals surface area (Å²) in [5.74, 6) is 0.581. The number of hydrogen-bond donors (Lipinski definition) is 1. The molecule has 0 aliphatic carbocycles. The van der Waals surface area contributed by atoms with E-state index in [1.54, 1.807) is 36.7 Å². The van der Waals surface area contributed by atoms with Gasteiger partial charge in [-0.25, -0.2) is 4.79 Å². The molecule has 1 N–H and O–H groups in total. The van der Waals surface area contributed by atoms with E-state index in [-0.39, 0.29) is 24.9 Å². The predicted octanol–water partition coefficient (Wildman–Crippen LogP) is 4.58. The number of nitrogens with zero attached hydrogens (tertiary/aromatic N) is 3. The van der Waals surface area contributed by atoms with Gasteiger partial charge < -0.3 is 19.4 Å². The fraction of sp³-hybridized carbons (Fsp3) is 0.333. The molecular weight excluding hydrogens is 472 g/mol. The Hall–Kier alpha value is -2.56. The Bertz CT molecular complexity index is 1100. The number of para-hydroxylation sites is 1. The molecule has 0 fully saturated rings. The number of thioether (sulfide) groups is 1. The van der Waals surface area contributed by atoms with Gasteiger partial charge in [-0.3, -0.25) is 4.79 Å². The minimum absolute atomic E-state index is 0.110. The first-order chi connectivity index (χ1) is 15.4. The van der Waals surface area contributed by atoms with Gasteiger partial charge in [0.05, 0.1) is 22.9 Å². The molecule has 0 bridgehead atoms. The highest BCUT2D eigenvalue weighted by Crippen LogP contribution is 2.30. The minimum atomic E-state index is -0.442. The summed E-state index contributed by atoms with van der Waals surface area (Å²) in [6.07, 6.45) is 0.764. The zero-order valence-corrected chi connectivity index (χ0v) is 20.3. The van der Waals surface area contributed by atoms with Crippen molar-refractivity contribution in [3.05, 3.63) is 51.6 Å². The van der Waals surface area contributed by atoms with Crippen LogP contribution in [0.1, 0.15) is 34.9 Å². The lowest BCUT2D eigenvalue weighted by Gasteiger charge is -2.08. The second-order valence-electron chi connectivity index (χ2n) is 6.54. The van der Waals surface area contributed by atoms with Gasteiger partial charge in [-0.2, -0.15) is 0 Å². The normalized spacial score (nSPS) is 10.8. The molecule has 2 heterocycles. The lowest BCUT2D eigenvalue weighted by molar-refractivity contribution is -0.113. The van der Waals surface area contributed by atoms with Gasteiger partial charge in [0.15, 0.2) is 11.0 Å². The number of esters is 1. The van der Waals surface area contributed by atoms with E-state index in [0.717, 1.165) is 11.3 Å². The maximum Gasteiger partial charge on any atom is 0.341 e. The highest BCUT2D eigenvalue weighted by molar-refractivity contribution is 7.99. The Labute approximate surface area is 199 Å². The summed E-state index contributed by atoms with van der Waals surface area (Å²) in [6.45, 7) is 4.20. The van der Waals surface area contributed by atoms with E-state index >= 15 is 0 Å². The zero-order valence-electron chi connectivity index (χ0n) is 17.9. The number of nitrogens with one attached hydrogen (secondary N) is 1. The third-order valence-corrected chi connectivity index (χ3v) is 6.86. The van der Waals surface area contributed by atoms with Crippen molar-refractivity contribution in [2.45, 2.75) is 32.0 Å². The molecule has 0 radical (unpaired) electrons. The fourth-order valence-corrected chi connectivity index (χ4v) is 4.58. The molecule has 1 aromatic carbocycles. The highest BCUT2D eigenvalue weighted by atomic mass is 35.5. The van der Waals surface area contributed by atoms with Gasteiger partial charge >= 0.3 is 5.97 Å². The molecule has 0 saturated heterocycles. The van der Waals surface area contributed by atoms with Crippen molar-refractivity contribution in [3.8, 4) is 5.75 Å². The van der Waals surface area contributed by atoms with E-state index in [1.165, 1.54) is 23.1 Å². The molecule has 0 unspecified atom stereocenters. The minimum Gasteiger partial charge on any atom is -0.484 e. The molecule has 3 rings (SSSR count). The first-order valence-electron chi connectivity index (χ1n) is 9.91. The van der Waals surface area contributed by atoms with E-state index in [4.69, 9.17) is 21.1 Å². The number of rotatable bonds is 10. The topological polar surface area (TPSA) is 95.3 Å². The van der Waals surface area contributed by atoms with Crippen LogP contribution in [0, 0.1) is 0 Å². The Balaban J connectivity index is 1.58. The number of carbonyl (C=O) groups is 2. The van der Waals surface area contributed by atoms with Crippen LogP contribution >= 0.6 is 34.7 Å². The first kappa shape index (κ1) is 24.1. The predicted molar refractivity (Wildman–Crippen MR) is 126 cm³/mol. The molecule has 0 atom stereocenters. The quantitative estimate of drug-likeness (QED) is 0.325. The number of hydrogen-bond acceptors (Lipinski definition) is 8. The van der Waals surface area contributed by atoms with E-state index in [1.807, 2.05) is 19.1 Å². The molecule has 170 valence electrons. The molecule has 0 saturated carbocycles. The zero-order chi connectivity index (χ0) is 23.1. The number of ether oxygens (including phenoxy) is 2. The molecular formula is C21H23ClN4O4S2. The average Bonchev–Trinajstić information content (AvgIpc) is 3.35. The Morgan fingerprint density at radius 1 is 1.25 bits per heavy atom. The van der Waals surface area contributed by atoms with E-state index < -0.39 is 5.97 Å². The number of aromatic nitrogens is 3. The van der Waals surface area contributed by atoms with E-state index in [9.17, 15) is 9.59 Å². The number of thiophene rings is 1. The monoisotopic (exact) mass is 494 g/mol. The summed E-state index contributed by atoms with van der Waals surface area (Å²) in [5.41, 5.74) is 0.379. The van der Waals surface area contributed by atoms with Gasteiger partial charge in [-0.05, 0) is 31.5 Å². The van der Waals surface area contributed by atoms with E-state index in [0.29, 0.717) is 32.3 Å². The molecule has 3 aromatic rings. The molecule has 8 nitrogen and oxygen atoms in total. The lowest BCUT2D eigenvalue weighted by Crippen LogP contribution is -2.16. The maximum absolute atomic E-state index is 12.5.